The highest BCUT2D eigenvalue weighted by Crippen LogP contribution is 2.16. The molecule has 1 N–H and O–H groups in total. The predicted molar refractivity (Wildman–Crippen MR) is 126 cm³/mol. The molecular formula is C25H45N3O2. The predicted octanol–water partition coefficient (Wildman–Crippen LogP) is 4.86. The van der Waals surface area contributed by atoms with Crippen LogP contribution in [-0.2, 0) is 11.2 Å². The number of hydrazine groups is 1. The van der Waals surface area contributed by atoms with Crippen LogP contribution in [0.5, 0.6) is 5.75 Å². The Kier molecular flexibility index (Phi) is 10.1. The quantitative estimate of drug-likeness (QED) is 0.518. The van der Waals surface area contributed by atoms with Crippen molar-refractivity contribution in [3.8, 4) is 5.75 Å². The molecule has 1 aliphatic heterocycles. The zero-order valence-electron chi connectivity index (χ0n) is 20.3. The molecule has 0 spiro atoms. The molecule has 1 fully saturated rings. The summed E-state index contributed by atoms with van der Waals surface area (Å²) in [6.07, 6.45) is 5.83. The van der Waals surface area contributed by atoms with Crippen molar-refractivity contribution in [3.63, 3.8) is 0 Å². The Balaban J connectivity index is 1.64. The van der Waals surface area contributed by atoms with Gasteiger partial charge in [-0.1, -0.05) is 18.6 Å². The molecule has 0 unspecified atom stereocenters. The Morgan fingerprint density at radius 3 is 2.50 bits per heavy atom. The maximum absolute atomic E-state index is 6.07. The number of nitrogens with one attached hydrogen (secondary N) is 1. The molecule has 172 valence electrons. The van der Waals surface area contributed by atoms with E-state index in [-0.39, 0.29) is 11.1 Å². The van der Waals surface area contributed by atoms with E-state index < -0.39 is 0 Å². The van der Waals surface area contributed by atoms with E-state index in [1.54, 1.807) is 0 Å². The van der Waals surface area contributed by atoms with Gasteiger partial charge < -0.3 is 9.47 Å². The smallest absolute Gasteiger partial charge is 0.119 e. The van der Waals surface area contributed by atoms with E-state index in [1.165, 1.54) is 24.8 Å². The minimum atomic E-state index is -0.0265. The molecule has 1 aliphatic rings. The summed E-state index contributed by atoms with van der Waals surface area (Å²) in [5.74, 6) is 0.991. The third-order valence-electron chi connectivity index (χ3n) is 4.99. The molecule has 5 nitrogen and oxygen atoms in total. The summed E-state index contributed by atoms with van der Waals surface area (Å²) >= 11 is 0. The van der Waals surface area contributed by atoms with Crippen molar-refractivity contribution in [2.24, 2.45) is 0 Å². The second kappa shape index (κ2) is 12.0. The van der Waals surface area contributed by atoms with Gasteiger partial charge in [0.2, 0.25) is 0 Å². The third kappa shape index (κ3) is 11.3. The second-order valence-corrected chi connectivity index (χ2v) is 10.5. The minimum Gasteiger partial charge on any atom is -0.492 e. The molecule has 0 amide bonds. The van der Waals surface area contributed by atoms with Crippen molar-refractivity contribution in [2.45, 2.75) is 84.8 Å². The number of ether oxygens (including phenoxy) is 2. The molecule has 1 aromatic carbocycles. The molecule has 0 radical (unpaired) electrons. The summed E-state index contributed by atoms with van der Waals surface area (Å²) in [7, 11) is 0. The van der Waals surface area contributed by atoms with E-state index in [9.17, 15) is 0 Å². The van der Waals surface area contributed by atoms with E-state index in [0.29, 0.717) is 0 Å². The zero-order chi connectivity index (χ0) is 22.0. The van der Waals surface area contributed by atoms with Crippen LogP contribution in [0.2, 0.25) is 0 Å². The summed E-state index contributed by atoms with van der Waals surface area (Å²) in [6.45, 7) is 18.7. The monoisotopic (exact) mass is 419 g/mol. The lowest BCUT2D eigenvalue weighted by Gasteiger charge is -2.39. The van der Waals surface area contributed by atoms with E-state index in [4.69, 9.17) is 9.47 Å². The first kappa shape index (κ1) is 25.1. The Morgan fingerprint density at radius 2 is 1.77 bits per heavy atom. The van der Waals surface area contributed by atoms with Crippen LogP contribution in [0.25, 0.3) is 0 Å². The van der Waals surface area contributed by atoms with Gasteiger partial charge in [-0.05, 0) is 84.9 Å². The van der Waals surface area contributed by atoms with Gasteiger partial charge >= 0.3 is 0 Å². The third-order valence-corrected chi connectivity index (χ3v) is 4.99. The summed E-state index contributed by atoms with van der Waals surface area (Å²) in [6, 6.07) is 8.60. The van der Waals surface area contributed by atoms with Gasteiger partial charge in [0.1, 0.15) is 12.4 Å². The number of nitrogens with zero attached hydrogens (tertiary/aromatic N) is 2. The Bertz CT molecular complexity index is 607. The lowest BCUT2D eigenvalue weighted by molar-refractivity contribution is -0.00470. The molecule has 0 saturated carbocycles. The summed E-state index contributed by atoms with van der Waals surface area (Å²) in [5, 5.41) is 2.33. The van der Waals surface area contributed by atoms with Crippen LogP contribution in [0.1, 0.15) is 72.8 Å². The van der Waals surface area contributed by atoms with Gasteiger partial charge in [0.15, 0.2) is 0 Å². The fraction of sp³-hybridized carbons (Fsp3) is 0.760. The molecule has 0 atom stereocenters. The van der Waals surface area contributed by atoms with Gasteiger partial charge in [-0.15, -0.1) is 0 Å². The SMILES string of the molecule is CC(C)(C)NN1CCCN(CCOc2cccc(CCCCCOC(C)(C)C)c2)C1. The number of benzene rings is 1. The molecule has 0 bridgehead atoms. The molecule has 5 heteroatoms. The minimum absolute atomic E-state index is 0.0265. The van der Waals surface area contributed by atoms with Gasteiger partial charge in [-0.2, -0.15) is 0 Å². The summed E-state index contributed by atoms with van der Waals surface area (Å²) < 4.78 is 11.9. The molecule has 0 aliphatic carbocycles. The van der Waals surface area contributed by atoms with Gasteiger partial charge in [0, 0.05) is 31.8 Å². The van der Waals surface area contributed by atoms with E-state index in [2.05, 4.69) is 81.1 Å². The lowest BCUT2D eigenvalue weighted by atomic mass is 10.1. The van der Waals surface area contributed by atoms with Crippen LogP contribution >= 0.6 is 0 Å². The van der Waals surface area contributed by atoms with Crippen molar-refractivity contribution >= 4 is 0 Å². The van der Waals surface area contributed by atoms with Gasteiger partial charge in [-0.3, -0.25) is 4.90 Å². The van der Waals surface area contributed by atoms with Crippen LogP contribution in [0.3, 0.4) is 0 Å². The maximum Gasteiger partial charge on any atom is 0.119 e. The number of hydrogen-bond donors (Lipinski definition) is 1. The second-order valence-electron chi connectivity index (χ2n) is 10.5. The molecule has 1 aromatic rings. The van der Waals surface area contributed by atoms with Crippen LogP contribution < -0.4 is 10.2 Å². The van der Waals surface area contributed by atoms with Crippen molar-refractivity contribution in [1.29, 1.82) is 0 Å². The highest BCUT2D eigenvalue weighted by atomic mass is 16.5. The van der Waals surface area contributed by atoms with Gasteiger partial charge in [0.05, 0.1) is 12.3 Å². The molecule has 0 aromatic heterocycles. The largest absolute Gasteiger partial charge is 0.492 e. The van der Waals surface area contributed by atoms with Crippen LogP contribution in [-0.4, -0.2) is 60.6 Å². The Morgan fingerprint density at radius 1 is 0.967 bits per heavy atom. The number of unbranched alkanes of at least 4 members (excludes halogenated alkanes) is 2. The lowest BCUT2D eigenvalue weighted by Crippen LogP contribution is -2.56. The van der Waals surface area contributed by atoms with E-state index in [0.717, 1.165) is 58.1 Å². The standard InChI is InChI=1S/C25H45N3O2/c1-24(2,3)26-28-16-11-15-27(21-28)17-19-29-23-14-10-13-22(20-23)12-8-7-9-18-30-25(4,5)6/h10,13-14,20,26H,7-9,11-12,15-19,21H2,1-6H3. The Hall–Kier alpha value is -1.14. The van der Waals surface area contributed by atoms with Crippen molar-refractivity contribution in [2.75, 3.05) is 39.5 Å². The molecule has 2 rings (SSSR count). The maximum atomic E-state index is 6.07. The summed E-state index contributed by atoms with van der Waals surface area (Å²) in [5.41, 5.74) is 5.03. The summed E-state index contributed by atoms with van der Waals surface area (Å²) in [4.78, 5) is 2.46. The Labute approximate surface area is 185 Å². The fourth-order valence-electron chi connectivity index (χ4n) is 3.69. The van der Waals surface area contributed by atoms with Crippen molar-refractivity contribution in [1.82, 2.24) is 15.3 Å². The highest BCUT2D eigenvalue weighted by molar-refractivity contribution is 5.28. The average Bonchev–Trinajstić information content (AvgIpc) is 2.63. The topological polar surface area (TPSA) is 37.0 Å². The van der Waals surface area contributed by atoms with E-state index in [1.807, 2.05) is 0 Å². The van der Waals surface area contributed by atoms with Gasteiger partial charge in [0.25, 0.3) is 0 Å². The first-order valence-electron chi connectivity index (χ1n) is 11.7. The van der Waals surface area contributed by atoms with Crippen molar-refractivity contribution in [3.05, 3.63) is 29.8 Å². The van der Waals surface area contributed by atoms with Gasteiger partial charge in [-0.25, -0.2) is 10.4 Å². The van der Waals surface area contributed by atoms with E-state index >= 15 is 0 Å². The first-order valence-corrected chi connectivity index (χ1v) is 11.7. The normalized spacial score (nSPS) is 16.7. The zero-order valence-corrected chi connectivity index (χ0v) is 20.3. The highest BCUT2D eigenvalue weighted by Gasteiger charge is 2.21. The molecular weight excluding hydrogens is 374 g/mol. The molecule has 1 heterocycles. The van der Waals surface area contributed by atoms with Crippen LogP contribution in [0.4, 0.5) is 0 Å². The van der Waals surface area contributed by atoms with Crippen LogP contribution in [0.15, 0.2) is 24.3 Å². The fourth-order valence-corrected chi connectivity index (χ4v) is 3.69. The average molecular weight is 420 g/mol. The number of rotatable bonds is 11. The first-order chi connectivity index (χ1) is 14.1. The number of aryl methyl sites for hydroxylation is 1. The molecule has 1 saturated heterocycles. The van der Waals surface area contributed by atoms with Crippen LogP contribution in [0, 0.1) is 0 Å². The number of hydrogen-bond acceptors (Lipinski definition) is 5. The molecule has 30 heavy (non-hydrogen) atoms. The van der Waals surface area contributed by atoms with Crippen molar-refractivity contribution < 1.29 is 9.47 Å².